The van der Waals surface area contributed by atoms with Crippen LogP contribution in [-0.4, -0.2) is 39.5 Å². The number of hydrogen-bond donors (Lipinski definition) is 0. The maximum atomic E-state index is 13.3. The molecule has 0 amide bonds. The van der Waals surface area contributed by atoms with Crippen LogP contribution in [0.3, 0.4) is 0 Å². The first-order chi connectivity index (χ1) is 14.6. The molecule has 0 aliphatic carbocycles. The number of pyridine rings is 1. The molecule has 11 heteroatoms. The summed E-state index contributed by atoms with van der Waals surface area (Å²) in [6.07, 6.45) is -0.465. The van der Waals surface area contributed by atoms with Crippen LogP contribution in [-0.2, 0) is 20.8 Å². The summed E-state index contributed by atoms with van der Waals surface area (Å²) in [6, 6.07) is 7.34. The number of benzene rings is 1. The van der Waals surface area contributed by atoms with Gasteiger partial charge in [0, 0.05) is 12.8 Å². The molecular formula is C20H19F3N4O3S. The van der Waals surface area contributed by atoms with Crippen LogP contribution in [0.2, 0.25) is 0 Å². The highest BCUT2D eigenvalue weighted by molar-refractivity contribution is 7.92. The van der Waals surface area contributed by atoms with E-state index in [-0.39, 0.29) is 24.3 Å². The van der Waals surface area contributed by atoms with Gasteiger partial charge in [0.25, 0.3) is 0 Å². The Morgan fingerprint density at radius 2 is 2.03 bits per heavy atom. The normalized spacial score (nSPS) is 22.4. The minimum Gasteiger partial charge on any atom is -0.373 e. The molecule has 1 fully saturated rings. The SMILES string of the molecule is CC1(S(=O)(=O)c2cccc(C(F)(F)F)c2)CCOC(c2ccc(-n3cncn3)nc2)C1. The van der Waals surface area contributed by atoms with Crippen molar-refractivity contribution in [2.75, 3.05) is 6.61 Å². The topological polar surface area (TPSA) is 87.0 Å². The van der Waals surface area contributed by atoms with Gasteiger partial charge in [-0.15, -0.1) is 0 Å². The van der Waals surface area contributed by atoms with E-state index in [0.29, 0.717) is 17.4 Å². The molecule has 0 N–H and O–H groups in total. The largest absolute Gasteiger partial charge is 0.416 e. The number of nitrogens with zero attached hydrogens (tertiary/aromatic N) is 4. The van der Waals surface area contributed by atoms with Crippen molar-refractivity contribution in [1.82, 2.24) is 19.7 Å². The fourth-order valence-corrected chi connectivity index (χ4v) is 5.43. The van der Waals surface area contributed by atoms with Gasteiger partial charge >= 0.3 is 6.18 Å². The molecule has 0 saturated carbocycles. The van der Waals surface area contributed by atoms with Crippen LogP contribution in [0.25, 0.3) is 5.82 Å². The van der Waals surface area contributed by atoms with Crippen LogP contribution in [0.4, 0.5) is 13.2 Å². The Hall–Kier alpha value is -2.79. The molecule has 1 aromatic carbocycles. The summed E-state index contributed by atoms with van der Waals surface area (Å²) in [7, 11) is -4.05. The predicted molar refractivity (Wildman–Crippen MR) is 104 cm³/mol. The van der Waals surface area contributed by atoms with Crippen LogP contribution in [0, 0.1) is 0 Å². The van der Waals surface area contributed by atoms with Gasteiger partial charge in [-0.05, 0) is 49.6 Å². The van der Waals surface area contributed by atoms with Crippen molar-refractivity contribution in [3.8, 4) is 5.82 Å². The zero-order valence-corrected chi connectivity index (χ0v) is 17.3. The highest BCUT2D eigenvalue weighted by atomic mass is 32.2. The molecule has 1 aliphatic heterocycles. The minimum atomic E-state index is -4.62. The van der Waals surface area contributed by atoms with Gasteiger partial charge in [0.1, 0.15) is 12.7 Å². The van der Waals surface area contributed by atoms with Gasteiger partial charge in [-0.3, -0.25) is 0 Å². The monoisotopic (exact) mass is 452 g/mol. The third kappa shape index (κ3) is 4.07. The van der Waals surface area contributed by atoms with E-state index in [9.17, 15) is 21.6 Å². The number of aromatic nitrogens is 4. The van der Waals surface area contributed by atoms with E-state index in [4.69, 9.17) is 4.74 Å². The van der Waals surface area contributed by atoms with E-state index in [2.05, 4.69) is 15.1 Å². The molecule has 0 radical (unpaired) electrons. The van der Waals surface area contributed by atoms with Gasteiger partial charge in [0.15, 0.2) is 15.7 Å². The second-order valence-corrected chi connectivity index (χ2v) is 10.0. The van der Waals surface area contributed by atoms with Gasteiger partial charge in [0.05, 0.1) is 21.3 Å². The van der Waals surface area contributed by atoms with Crippen LogP contribution < -0.4 is 0 Å². The van der Waals surface area contributed by atoms with Gasteiger partial charge in [-0.25, -0.2) is 23.1 Å². The molecule has 0 spiro atoms. The molecule has 2 aromatic heterocycles. The van der Waals surface area contributed by atoms with E-state index in [1.165, 1.54) is 23.4 Å². The molecule has 164 valence electrons. The third-order valence-corrected chi connectivity index (χ3v) is 8.03. The lowest BCUT2D eigenvalue weighted by molar-refractivity contribution is -0.137. The second-order valence-electron chi connectivity index (χ2n) is 7.58. The van der Waals surface area contributed by atoms with Crippen molar-refractivity contribution in [2.24, 2.45) is 0 Å². The number of hydrogen-bond acceptors (Lipinski definition) is 6. The highest BCUT2D eigenvalue weighted by Crippen LogP contribution is 2.42. The lowest BCUT2D eigenvalue weighted by Crippen LogP contribution is -2.42. The molecule has 7 nitrogen and oxygen atoms in total. The molecule has 0 bridgehead atoms. The third-order valence-electron chi connectivity index (χ3n) is 5.48. The van der Waals surface area contributed by atoms with Crippen molar-refractivity contribution in [3.05, 3.63) is 66.4 Å². The van der Waals surface area contributed by atoms with Crippen molar-refractivity contribution in [3.63, 3.8) is 0 Å². The summed E-state index contributed by atoms with van der Waals surface area (Å²) in [6.45, 7) is 1.71. The lowest BCUT2D eigenvalue weighted by Gasteiger charge is -2.37. The molecule has 4 rings (SSSR count). The maximum absolute atomic E-state index is 13.3. The minimum absolute atomic E-state index is 0.0932. The quantitative estimate of drug-likeness (QED) is 0.599. The fourth-order valence-electron chi connectivity index (χ4n) is 3.60. The van der Waals surface area contributed by atoms with Crippen LogP contribution in [0.1, 0.15) is 37.0 Å². The Bertz CT molecular complexity index is 1170. The van der Waals surface area contributed by atoms with Crippen LogP contribution >= 0.6 is 0 Å². The van der Waals surface area contributed by atoms with E-state index in [1.54, 1.807) is 25.3 Å². The van der Waals surface area contributed by atoms with Crippen LogP contribution in [0.5, 0.6) is 0 Å². The second kappa shape index (κ2) is 7.72. The summed E-state index contributed by atoms with van der Waals surface area (Å²) >= 11 is 0. The van der Waals surface area contributed by atoms with Crippen molar-refractivity contribution in [1.29, 1.82) is 0 Å². The summed E-state index contributed by atoms with van der Waals surface area (Å²) in [5.41, 5.74) is -0.317. The molecule has 3 aromatic rings. The number of rotatable bonds is 4. The smallest absolute Gasteiger partial charge is 0.373 e. The zero-order valence-electron chi connectivity index (χ0n) is 16.5. The van der Waals surface area contributed by atoms with E-state index < -0.39 is 32.4 Å². The molecule has 31 heavy (non-hydrogen) atoms. The Kier molecular flexibility index (Phi) is 5.34. The average Bonchev–Trinajstić information content (AvgIpc) is 3.28. The van der Waals surface area contributed by atoms with Gasteiger partial charge in [0.2, 0.25) is 0 Å². The Morgan fingerprint density at radius 3 is 2.68 bits per heavy atom. The van der Waals surface area contributed by atoms with E-state index in [1.807, 2.05) is 0 Å². The van der Waals surface area contributed by atoms with Crippen molar-refractivity contribution >= 4 is 9.84 Å². The number of ether oxygens (including phenoxy) is 1. The standard InChI is InChI=1S/C20H19F3N4O3S/c1-19(31(28,29)16-4-2-3-15(9-16)20(21,22)23)7-8-30-17(10-19)14-5-6-18(25-11-14)27-13-24-12-26-27/h2-6,9,11-13,17H,7-8,10H2,1H3. The number of alkyl halides is 3. The average molecular weight is 452 g/mol. The first-order valence-corrected chi connectivity index (χ1v) is 10.9. The summed E-state index contributed by atoms with van der Waals surface area (Å²) in [5, 5.41) is 3.99. The molecule has 1 aliphatic rings. The molecule has 2 atom stereocenters. The Labute approximate surface area is 176 Å². The lowest BCUT2D eigenvalue weighted by atomic mass is 9.93. The number of sulfone groups is 1. The molecule has 3 heterocycles. The number of halogens is 3. The molecule has 2 unspecified atom stereocenters. The van der Waals surface area contributed by atoms with E-state index in [0.717, 1.165) is 12.1 Å². The molecule has 1 saturated heterocycles. The zero-order chi connectivity index (χ0) is 22.3. The first kappa shape index (κ1) is 21.4. The van der Waals surface area contributed by atoms with Crippen molar-refractivity contribution < 1.29 is 26.3 Å². The first-order valence-electron chi connectivity index (χ1n) is 9.45. The van der Waals surface area contributed by atoms with Gasteiger partial charge < -0.3 is 4.74 Å². The van der Waals surface area contributed by atoms with Crippen LogP contribution in [0.15, 0.2) is 60.1 Å². The van der Waals surface area contributed by atoms with Gasteiger partial charge in [-0.2, -0.15) is 18.3 Å². The van der Waals surface area contributed by atoms with E-state index >= 15 is 0 Å². The Morgan fingerprint density at radius 1 is 1.23 bits per heavy atom. The fraction of sp³-hybridized carbons (Fsp3) is 0.350. The summed E-state index contributed by atoms with van der Waals surface area (Å²) in [4.78, 5) is 7.82. The molecular weight excluding hydrogens is 433 g/mol. The van der Waals surface area contributed by atoms with Crippen molar-refractivity contribution in [2.45, 2.75) is 41.7 Å². The van der Waals surface area contributed by atoms with Gasteiger partial charge in [-0.1, -0.05) is 12.1 Å². The highest BCUT2D eigenvalue weighted by Gasteiger charge is 2.45. The Balaban J connectivity index is 1.61. The maximum Gasteiger partial charge on any atom is 0.416 e. The summed E-state index contributed by atoms with van der Waals surface area (Å²) in [5.74, 6) is 0.538. The summed E-state index contributed by atoms with van der Waals surface area (Å²) < 4.78 is 71.8. The predicted octanol–water partition coefficient (Wildman–Crippen LogP) is 3.77.